The normalized spacial score (nSPS) is 15.2. The Morgan fingerprint density at radius 3 is 2.75 bits per heavy atom. The molecule has 1 aliphatic rings. The lowest BCUT2D eigenvalue weighted by Crippen LogP contribution is -2.27. The number of carbonyl (C=O) groups is 1. The Bertz CT molecular complexity index is 1410. The van der Waals surface area contributed by atoms with Crippen LogP contribution in [0.2, 0.25) is 5.02 Å². The summed E-state index contributed by atoms with van der Waals surface area (Å²) in [5.74, 6) is 0.481. The van der Waals surface area contributed by atoms with Crippen LogP contribution in [0.25, 0.3) is 16.7 Å². The van der Waals surface area contributed by atoms with Gasteiger partial charge in [0.15, 0.2) is 10.8 Å². The number of hydrogen-bond donors (Lipinski definition) is 1. The largest absolute Gasteiger partial charge is 0.326 e. The second kappa shape index (κ2) is 8.11. The zero-order valence-corrected chi connectivity index (χ0v) is 19.1. The Morgan fingerprint density at radius 1 is 1.22 bits per heavy atom. The fourth-order valence-electron chi connectivity index (χ4n) is 4.05. The van der Waals surface area contributed by atoms with E-state index in [-0.39, 0.29) is 23.9 Å². The maximum Gasteiger partial charge on any atom is 0.265 e. The third-order valence-corrected chi connectivity index (χ3v) is 6.68. The average Bonchev–Trinajstić information content (AvgIpc) is 3.32. The number of benzene rings is 2. The van der Waals surface area contributed by atoms with Crippen molar-refractivity contribution in [3.05, 3.63) is 75.2 Å². The summed E-state index contributed by atoms with van der Waals surface area (Å²) in [5.41, 5.74) is 3.96. The third kappa shape index (κ3) is 3.80. The van der Waals surface area contributed by atoms with Crippen molar-refractivity contribution in [2.45, 2.75) is 31.5 Å². The number of nitrogens with one attached hydrogen (secondary N) is 1. The van der Waals surface area contributed by atoms with Gasteiger partial charge in [-0.2, -0.15) is 5.10 Å². The number of amides is 1. The smallest absolute Gasteiger partial charge is 0.265 e. The molecule has 3 heterocycles. The van der Waals surface area contributed by atoms with E-state index in [0.29, 0.717) is 27.0 Å². The number of halogens is 1. The molecule has 0 radical (unpaired) electrons. The van der Waals surface area contributed by atoms with Crippen LogP contribution < -0.4 is 10.9 Å². The molecular formula is C23H20ClN5O2S. The van der Waals surface area contributed by atoms with Crippen molar-refractivity contribution in [1.29, 1.82) is 0 Å². The van der Waals surface area contributed by atoms with Crippen LogP contribution >= 0.6 is 23.4 Å². The quantitative estimate of drug-likeness (QED) is 0.448. The van der Waals surface area contributed by atoms with Gasteiger partial charge in [-0.15, -0.1) is 0 Å². The topological polar surface area (TPSA) is 81.8 Å². The molecule has 162 valence electrons. The van der Waals surface area contributed by atoms with Crippen LogP contribution in [0.5, 0.6) is 0 Å². The molecule has 9 heteroatoms. The Kier molecular flexibility index (Phi) is 5.27. The molecular weight excluding hydrogens is 446 g/mol. The number of fused-ring (bicyclic) bond motifs is 2. The molecule has 1 aliphatic heterocycles. The highest BCUT2D eigenvalue weighted by Gasteiger charge is 2.29. The van der Waals surface area contributed by atoms with Crippen molar-refractivity contribution < 1.29 is 4.79 Å². The van der Waals surface area contributed by atoms with Crippen LogP contribution in [0.3, 0.4) is 0 Å². The first kappa shape index (κ1) is 20.8. The van der Waals surface area contributed by atoms with Crippen molar-refractivity contribution in [1.82, 2.24) is 19.3 Å². The summed E-state index contributed by atoms with van der Waals surface area (Å²) in [4.78, 5) is 30.7. The van der Waals surface area contributed by atoms with Crippen LogP contribution in [0.4, 0.5) is 5.69 Å². The zero-order chi connectivity index (χ0) is 22.4. The summed E-state index contributed by atoms with van der Waals surface area (Å²) >= 11 is 7.58. The fourth-order valence-corrected chi connectivity index (χ4v) is 5.37. The summed E-state index contributed by atoms with van der Waals surface area (Å²) in [6.07, 6.45) is 1.72. The predicted octanol–water partition coefficient (Wildman–Crippen LogP) is 4.53. The van der Waals surface area contributed by atoms with Gasteiger partial charge in [-0.1, -0.05) is 35.5 Å². The highest BCUT2D eigenvalue weighted by Crippen LogP contribution is 2.33. The summed E-state index contributed by atoms with van der Waals surface area (Å²) in [6, 6.07) is 12.9. The van der Waals surface area contributed by atoms with E-state index in [1.165, 1.54) is 18.0 Å². The van der Waals surface area contributed by atoms with Crippen molar-refractivity contribution in [3.63, 3.8) is 0 Å². The highest BCUT2D eigenvalue weighted by atomic mass is 35.5. The molecule has 32 heavy (non-hydrogen) atoms. The van der Waals surface area contributed by atoms with Gasteiger partial charge >= 0.3 is 0 Å². The molecule has 5 rings (SSSR count). The van der Waals surface area contributed by atoms with Crippen molar-refractivity contribution in [3.8, 4) is 5.69 Å². The molecule has 2 aromatic carbocycles. The van der Waals surface area contributed by atoms with Crippen LogP contribution in [-0.2, 0) is 4.79 Å². The van der Waals surface area contributed by atoms with E-state index in [1.807, 2.05) is 38.1 Å². The molecule has 1 amide bonds. The average molecular weight is 466 g/mol. The van der Waals surface area contributed by atoms with E-state index < -0.39 is 0 Å². The van der Waals surface area contributed by atoms with E-state index in [1.54, 1.807) is 21.4 Å². The number of thioether (sulfide) groups is 1. The number of rotatable bonds is 4. The van der Waals surface area contributed by atoms with Crippen LogP contribution in [0.15, 0.2) is 58.6 Å². The van der Waals surface area contributed by atoms with Gasteiger partial charge in [0, 0.05) is 22.9 Å². The maximum absolute atomic E-state index is 13.3. The fraction of sp³-hybridized carbons (Fsp3) is 0.217. The number of aromatic nitrogens is 4. The minimum absolute atomic E-state index is 0.130. The van der Waals surface area contributed by atoms with Gasteiger partial charge in [0.2, 0.25) is 5.91 Å². The standard InChI is InChI=1S/C23H20ClN5O2S/c1-13-6-14(2)8-16(7-13)26-20(30)10-18-12-32-23-27-21-19(22(31)28(18)23)11-25-29(21)17-5-3-4-15(24)9-17/h3-9,11,18H,10,12H2,1-2H3,(H,26,30). The van der Waals surface area contributed by atoms with E-state index in [4.69, 9.17) is 16.6 Å². The summed E-state index contributed by atoms with van der Waals surface area (Å²) in [6.45, 7) is 3.99. The minimum atomic E-state index is -0.264. The third-order valence-electron chi connectivity index (χ3n) is 5.35. The number of aryl methyl sites for hydroxylation is 2. The predicted molar refractivity (Wildman–Crippen MR) is 127 cm³/mol. The van der Waals surface area contributed by atoms with Crippen molar-refractivity contribution in [2.24, 2.45) is 0 Å². The SMILES string of the molecule is Cc1cc(C)cc(NC(=O)CC2CSc3nc4c(cnn4-c4cccc(Cl)c4)c(=O)n32)c1. The van der Waals surface area contributed by atoms with Gasteiger partial charge in [-0.25, -0.2) is 9.67 Å². The summed E-state index contributed by atoms with van der Waals surface area (Å²) in [5, 5.41) is 8.90. The Hall–Kier alpha value is -3.10. The van der Waals surface area contributed by atoms with Gasteiger partial charge in [-0.05, 0) is 55.3 Å². The van der Waals surface area contributed by atoms with E-state index in [2.05, 4.69) is 16.5 Å². The minimum Gasteiger partial charge on any atom is -0.326 e. The molecule has 0 spiro atoms. The monoisotopic (exact) mass is 465 g/mol. The molecule has 0 bridgehead atoms. The maximum atomic E-state index is 13.3. The van der Waals surface area contributed by atoms with Gasteiger partial charge in [0.1, 0.15) is 5.39 Å². The zero-order valence-electron chi connectivity index (χ0n) is 17.5. The first-order valence-corrected chi connectivity index (χ1v) is 11.5. The van der Waals surface area contributed by atoms with E-state index in [9.17, 15) is 9.59 Å². The molecule has 0 fully saturated rings. The lowest BCUT2D eigenvalue weighted by atomic mass is 10.1. The van der Waals surface area contributed by atoms with Gasteiger partial charge in [0.05, 0.1) is 17.9 Å². The van der Waals surface area contributed by atoms with Crippen LogP contribution in [-0.4, -0.2) is 31.0 Å². The summed E-state index contributed by atoms with van der Waals surface area (Å²) in [7, 11) is 0. The van der Waals surface area contributed by atoms with Gasteiger partial charge in [-0.3, -0.25) is 14.2 Å². The van der Waals surface area contributed by atoms with E-state index >= 15 is 0 Å². The number of carbonyl (C=O) groups excluding carboxylic acids is 1. The molecule has 0 saturated carbocycles. The van der Waals surface area contributed by atoms with Gasteiger partial charge < -0.3 is 5.32 Å². The Labute approximate surface area is 193 Å². The van der Waals surface area contributed by atoms with Crippen molar-refractivity contribution in [2.75, 3.05) is 11.1 Å². The summed E-state index contributed by atoms with van der Waals surface area (Å²) < 4.78 is 3.24. The lowest BCUT2D eigenvalue weighted by molar-refractivity contribution is -0.116. The molecule has 7 nitrogen and oxygen atoms in total. The van der Waals surface area contributed by atoms with Crippen molar-refractivity contribution >= 4 is 46.0 Å². The molecule has 1 unspecified atom stereocenters. The Balaban J connectivity index is 1.44. The second-order valence-corrected chi connectivity index (χ2v) is 9.36. The highest BCUT2D eigenvalue weighted by molar-refractivity contribution is 7.99. The number of nitrogens with zero attached hydrogens (tertiary/aromatic N) is 4. The van der Waals surface area contributed by atoms with Gasteiger partial charge in [0.25, 0.3) is 5.56 Å². The molecule has 4 aromatic rings. The molecule has 1 N–H and O–H groups in total. The van der Waals surface area contributed by atoms with E-state index in [0.717, 1.165) is 22.5 Å². The first-order chi connectivity index (χ1) is 15.4. The Morgan fingerprint density at radius 2 is 2.00 bits per heavy atom. The lowest BCUT2D eigenvalue weighted by Gasteiger charge is -2.14. The van der Waals surface area contributed by atoms with Crippen LogP contribution in [0.1, 0.15) is 23.6 Å². The second-order valence-electron chi connectivity index (χ2n) is 7.94. The number of anilines is 1. The number of hydrogen-bond acceptors (Lipinski definition) is 5. The van der Waals surface area contributed by atoms with Crippen LogP contribution in [0, 0.1) is 13.8 Å². The molecule has 1 atom stereocenters. The molecule has 0 saturated heterocycles. The molecule has 2 aromatic heterocycles. The first-order valence-electron chi connectivity index (χ1n) is 10.2. The molecule has 0 aliphatic carbocycles.